The van der Waals surface area contributed by atoms with Crippen LogP contribution in [0.15, 0.2) is 77.7 Å². The minimum absolute atomic E-state index is 0.0727. The summed E-state index contributed by atoms with van der Waals surface area (Å²) in [5.41, 5.74) is 3.02. The topological polar surface area (TPSA) is 66.8 Å². The number of carboxylic acids is 1. The second kappa shape index (κ2) is 10.2. The Bertz CT molecular complexity index is 1240. The van der Waals surface area contributed by atoms with E-state index in [9.17, 15) is 9.59 Å². The van der Waals surface area contributed by atoms with Gasteiger partial charge in [0.2, 0.25) is 0 Å². The van der Waals surface area contributed by atoms with Crippen LogP contribution in [0.4, 0.5) is 5.69 Å². The van der Waals surface area contributed by atoms with Gasteiger partial charge in [0.25, 0.3) is 5.91 Å². The number of carbonyl (C=O) groups excluding carboxylic acids is 1. The zero-order valence-electron chi connectivity index (χ0n) is 17.2. The number of amides is 1. The monoisotopic (exact) mass is 495 g/mol. The fourth-order valence-electron chi connectivity index (χ4n) is 3.22. The Labute approximate surface area is 205 Å². The molecule has 1 aliphatic rings. The third-order valence-corrected chi connectivity index (χ3v) is 6.54. The van der Waals surface area contributed by atoms with Gasteiger partial charge < -0.3 is 9.84 Å². The quantitative estimate of drug-likeness (QED) is 0.322. The maximum atomic E-state index is 13.0. The number of halogens is 1. The van der Waals surface area contributed by atoms with Crippen LogP contribution in [-0.2, 0) is 22.6 Å². The van der Waals surface area contributed by atoms with Crippen molar-refractivity contribution >= 4 is 63.5 Å². The molecule has 0 bridgehead atoms. The van der Waals surface area contributed by atoms with Crippen LogP contribution in [0.5, 0.6) is 5.75 Å². The zero-order valence-corrected chi connectivity index (χ0v) is 19.6. The number of nitrogens with zero attached hydrogens (tertiary/aromatic N) is 1. The summed E-state index contributed by atoms with van der Waals surface area (Å²) < 4.78 is 6.23. The molecule has 33 heavy (non-hydrogen) atoms. The SMILES string of the molecule is O=C(O)Cc1ccc(N2C(=O)/C(=C/c3ccc(OCc4ccccc4Cl)cc3)SC2=S)cc1. The van der Waals surface area contributed by atoms with Crippen molar-refractivity contribution in [3.63, 3.8) is 0 Å². The lowest BCUT2D eigenvalue weighted by Crippen LogP contribution is -2.27. The second-order valence-corrected chi connectivity index (χ2v) is 9.29. The molecule has 3 aromatic carbocycles. The average molecular weight is 496 g/mol. The molecule has 0 spiro atoms. The first kappa shape index (κ1) is 23.0. The van der Waals surface area contributed by atoms with E-state index < -0.39 is 5.97 Å². The van der Waals surface area contributed by atoms with Crippen molar-refractivity contribution in [3.05, 3.63) is 99.4 Å². The van der Waals surface area contributed by atoms with Gasteiger partial charge in [-0.3, -0.25) is 14.5 Å². The van der Waals surface area contributed by atoms with Gasteiger partial charge in [0.15, 0.2) is 4.32 Å². The predicted molar refractivity (Wildman–Crippen MR) is 136 cm³/mol. The number of ether oxygens (including phenoxy) is 1. The van der Waals surface area contributed by atoms with Crippen molar-refractivity contribution in [1.29, 1.82) is 0 Å². The van der Waals surface area contributed by atoms with E-state index in [1.165, 1.54) is 16.7 Å². The average Bonchev–Trinajstić information content (AvgIpc) is 3.07. The smallest absolute Gasteiger partial charge is 0.307 e. The van der Waals surface area contributed by atoms with Gasteiger partial charge in [-0.15, -0.1) is 0 Å². The van der Waals surface area contributed by atoms with Crippen LogP contribution >= 0.6 is 35.6 Å². The maximum Gasteiger partial charge on any atom is 0.307 e. The Hall–Kier alpha value is -3.13. The molecule has 4 rings (SSSR count). The number of hydrogen-bond acceptors (Lipinski definition) is 5. The van der Waals surface area contributed by atoms with Crippen LogP contribution in [0.3, 0.4) is 0 Å². The Morgan fingerprint density at radius 1 is 1.06 bits per heavy atom. The van der Waals surface area contributed by atoms with Crippen LogP contribution in [0.25, 0.3) is 6.08 Å². The van der Waals surface area contributed by atoms with Crippen molar-refractivity contribution in [2.75, 3.05) is 4.90 Å². The predicted octanol–water partition coefficient (Wildman–Crippen LogP) is 5.95. The summed E-state index contributed by atoms with van der Waals surface area (Å²) in [4.78, 5) is 25.8. The molecule has 0 radical (unpaired) electrons. The molecule has 1 saturated heterocycles. The lowest BCUT2D eigenvalue weighted by Gasteiger charge is -2.14. The van der Waals surface area contributed by atoms with Crippen LogP contribution < -0.4 is 9.64 Å². The highest BCUT2D eigenvalue weighted by Crippen LogP contribution is 2.36. The van der Waals surface area contributed by atoms with E-state index in [0.29, 0.717) is 37.9 Å². The Kier molecular flexibility index (Phi) is 7.13. The van der Waals surface area contributed by atoms with Gasteiger partial charge in [-0.2, -0.15) is 0 Å². The van der Waals surface area contributed by atoms with Gasteiger partial charge in [-0.25, -0.2) is 0 Å². The van der Waals surface area contributed by atoms with Crippen LogP contribution in [0.1, 0.15) is 16.7 Å². The van der Waals surface area contributed by atoms with Crippen molar-refractivity contribution in [1.82, 2.24) is 0 Å². The van der Waals surface area contributed by atoms with E-state index in [4.69, 9.17) is 33.7 Å². The highest BCUT2D eigenvalue weighted by molar-refractivity contribution is 8.27. The van der Waals surface area contributed by atoms with E-state index in [-0.39, 0.29) is 12.3 Å². The van der Waals surface area contributed by atoms with Crippen LogP contribution in [0.2, 0.25) is 5.02 Å². The molecule has 0 unspecified atom stereocenters. The molecule has 1 fully saturated rings. The van der Waals surface area contributed by atoms with Gasteiger partial charge in [-0.05, 0) is 47.5 Å². The minimum atomic E-state index is -0.906. The van der Waals surface area contributed by atoms with Gasteiger partial charge in [0.1, 0.15) is 12.4 Å². The summed E-state index contributed by atoms with van der Waals surface area (Å²) in [6.45, 7) is 0.364. The van der Waals surface area contributed by atoms with E-state index in [2.05, 4.69) is 0 Å². The van der Waals surface area contributed by atoms with Crippen molar-refractivity contribution < 1.29 is 19.4 Å². The molecule has 1 heterocycles. The zero-order chi connectivity index (χ0) is 23.4. The first-order chi connectivity index (χ1) is 15.9. The molecular weight excluding hydrogens is 478 g/mol. The highest BCUT2D eigenvalue weighted by Gasteiger charge is 2.33. The lowest BCUT2D eigenvalue weighted by atomic mass is 10.1. The van der Waals surface area contributed by atoms with Gasteiger partial charge in [0, 0.05) is 10.6 Å². The Morgan fingerprint density at radius 2 is 1.76 bits per heavy atom. The summed E-state index contributed by atoms with van der Waals surface area (Å²) in [7, 11) is 0. The largest absolute Gasteiger partial charge is 0.489 e. The number of anilines is 1. The summed E-state index contributed by atoms with van der Waals surface area (Å²) in [5, 5.41) is 9.57. The van der Waals surface area contributed by atoms with Gasteiger partial charge >= 0.3 is 5.97 Å². The first-order valence-corrected chi connectivity index (χ1v) is 11.6. The second-order valence-electron chi connectivity index (χ2n) is 7.20. The molecule has 3 aromatic rings. The molecule has 0 atom stereocenters. The summed E-state index contributed by atoms with van der Waals surface area (Å²) in [5.74, 6) is -0.423. The normalized spacial score (nSPS) is 14.7. The molecule has 0 aromatic heterocycles. The number of thiocarbonyl (C=S) groups is 1. The Morgan fingerprint density at radius 3 is 2.42 bits per heavy atom. The molecular formula is C25H18ClNO4S2. The standard InChI is InChI=1S/C25H18ClNO4S2/c26-21-4-2-1-3-18(21)15-31-20-11-7-16(8-12-20)13-22-24(30)27(25(32)33-22)19-9-5-17(6-10-19)14-23(28)29/h1-13H,14-15H2,(H,28,29)/b22-13-. The fourth-order valence-corrected chi connectivity index (χ4v) is 4.71. The third-order valence-electron chi connectivity index (χ3n) is 4.87. The maximum absolute atomic E-state index is 13.0. The summed E-state index contributed by atoms with van der Waals surface area (Å²) in [6, 6.07) is 21.7. The number of thioether (sulfide) groups is 1. The van der Waals surface area contributed by atoms with Crippen molar-refractivity contribution in [3.8, 4) is 5.75 Å². The third kappa shape index (κ3) is 5.63. The molecule has 5 nitrogen and oxygen atoms in total. The van der Waals surface area contributed by atoms with Crippen LogP contribution in [-0.4, -0.2) is 21.3 Å². The summed E-state index contributed by atoms with van der Waals surface area (Å²) >= 11 is 12.8. The lowest BCUT2D eigenvalue weighted by molar-refractivity contribution is -0.136. The molecule has 1 aliphatic heterocycles. The summed E-state index contributed by atoms with van der Waals surface area (Å²) in [6.07, 6.45) is 1.71. The van der Waals surface area contributed by atoms with E-state index in [0.717, 1.165) is 11.1 Å². The van der Waals surface area contributed by atoms with Gasteiger partial charge in [0.05, 0.1) is 17.0 Å². The molecule has 8 heteroatoms. The molecule has 1 amide bonds. The van der Waals surface area contributed by atoms with Crippen molar-refractivity contribution in [2.45, 2.75) is 13.0 Å². The Balaban J connectivity index is 1.43. The van der Waals surface area contributed by atoms with E-state index in [1.807, 2.05) is 48.5 Å². The first-order valence-electron chi connectivity index (χ1n) is 9.95. The minimum Gasteiger partial charge on any atom is -0.489 e. The number of carbonyl (C=O) groups is 2. The van der Waals surface area contributed by atoms with Crippen LogP contribution in [0, 0.1) is 0 Å². The van der Waals surface area contributed by atoms with E-state index >= 15 is 0 Å². The number of benzene rings is 3. The molecule has 1 N–H and O–H groups in total. The highest BCUT2D eigenvalue weighted by atomic mass is 35.5. The van der Waals surface area contributed by atoms with E-state index in [1.54, 1.807) is 30.3 Å². The van der Waals surface area contributed by atoms with Crippen molar-refractivity contribution in [2.24, 2.45) is 0 Å². The molecule has 0 saturated carbocycles. The number of carboxylic acid groups (broad SMARTS) is 1. The number of aliphatic carboxylic acids is 1. The van der Waals surface area contributed by atoms with Gasteiger partial charge in [-0.1, -0.05) is 78.0 Å². The molecule has 0 aliphatic carbocycles. The number of hydrogen-bond donors (Lipinski definition) is 1. The number of rotatable bonds is 7. The fraction of sp³-hybridized carbons (Fsp3) is 0.0800. The molecule has 166 valence electrons.